The number of aromatic carboxylic acids is 1. The zero-order valence-electron chi connectivity index (χ0n) is 5.84. The highest BCUT2D eigenvalue weighted by molar-refractivity contribution is 9.10. The summed E-state index contributed by atoms with van der Waals surface area (Å²) in [5.74, 6) is -1.08. The van der Waals surface area contributed by atoms with E-state index >= 15 is 0 Å². The van der Waals surface area contributed by atoms with Crippen molar-refractivity contribution in [1.29, 1.82) is 0 Å². The Labute approximate surface area is 82.3 Å². The molecule has 0 spiro atoms. The topological polar surface area (TPSA) is 63.3 Å². The van der Waals surface area contributed by atoms with Crippen LogP contribution < -0.4 is 5.73 Å². The first kappa shape index (κ1) is 9.35. The van der Waals surface area contributed by atoms with E-state index in [4.69, 9.17) is 22.4 Å². The fourth-order valence-corrected chi connectivity index (χ4v) is 1.27. The standard InChI is InChI=1S/C7H5BrClNO2/c8-4-2-6(10)3(7(11)12)1-5(4)9/h1-2H,10H2,(H,11,12). The number of halogens is 2. The highest BCUT2D eigenvalue weighted by Crippen LogP contribution is 2.27. The largest absolute Gasteiger partial charge is 0.478 e. The summed E-state index contributed by atoms with van der Waals surface area (Å²) in [6.45, 7) is 0. The lowest BCUT2D eigenvalue weighted by Crippen LogP contribution is -2.02. The second kappa shape index (κ2) is 3.33. The molecule has 0 saturated heterocycles. The molecule has 0 aliphatic rings. The van der Waals surface area contributed by atoms with Gasteiger partial charge in [-0.15, -0.1) is 0 Å². The van der Waals surface area contributed by atoms with Crippen LogP contribution in [-0.2, 0) is 0 Å². The third-order valence-electron chi connectivity index (χ3n) is 1.32. The highest BCUT2D eigenvalue weighted by Gasteiger charge is 2.10. The van der Waals surface area contributed by atoms with Crippen molar-refractivity contribution in [3.63, 3.8) is 0 Å². The first-order valence-electron chi connectivity index (χ1n) is 3.00. The zero-order chi connectivity index (χ0) is 9.30. The number of carboxylic acids is 1. The quantitative estimate of drug-likeness (QED) is 0.752. The van der Waals surface area contributed by atoms with Gasteiger partial charge >= 0.3 is 5.97 Å². The van der Waals surface area contributed by atoms with Crippen LogP contribution in [0, 0.1) is 0 Å². The van der Waals surface area contributed by atoms with Gasteiger partial charge in [-0.05, 0) is 28.1 Å². The number of nitrogens with two attached hydrogens (primary N) is 1. The summed E-state index contributed by atoms with van der Waals surface area (Å²) in [4.78, 5) is 10.5. The fraction of sp³-hybridized carbons (Fsp3) is 0. The summed E-state index contributed by atoms with van der Waals surface area (Å²) in [7, 11) is 0. The van der Waals surface area contributed by atoms with Crippen LogP contribution in [0.3, 0.4) is 0 Å². The monoisotopic (exact) mass is 249 g/mol. The molecule has 0 saturated carbocycles. The molecule has 0 aliphatic carbocycles. The Hall–Kier alpha value is -0.740. The van der Waals surface area contributed by atoms with Gasteiger partial charge in [0.15, 0.2) is 0 Å². The van der Waals surface area contributed by atoms with E-state index in [1.54, 1.807) is 0 Å². The van der Waals surface area contributed by atoms with Gasteiger partial charge in [0.05, 0.1) is 10.6 Å². The molecule has 0 aromatic heterocycles. The molecule has 0 aliphatic heterocycles. The SMILES string of the molecule is Nc1cc(Br)c(Cl)cc1C(=O)O. The summed E-state index contributed by atoms with van der Waals surface area (Å²) < 4.78 is 0.590. The van der Waals surface area contributed by atoms with Gasteiger partial charge in [0, 0.05) is 10.2 Å². The molecule has 0 heterocycles. The lowest BCUT2D eigenvalue weighted by atomic mass is 10.2. The van der Waals surface area contributed by atoms with Crippen LogP contribution in [0.5, 0.6) is 0 Å². The maximum atomic E-state index is 10.5. The van der Waals surface area contributed by atoms with Crippen molar-refractivity contribution >= 4 is 39.2 Å². The predicted molar refractivity (Wildman–Crippen MR) is 50.5 cm³/mol. The lowest BCUT2D eigenvalue weighted by Gasteiger charge is -2.02. The Kier molecular flexibility index (Phi) is 2.59. The first-order chi connectivity index (χ1) is 5.52. The molecule has 0 bridgehead atoms. The van der Waals surface area contributed by atoms with E-state index in [1.165, 1.54) is 12.1 Å². The van der Waals surface area contributed by atoms with Gasteiger partial charge in [-0.1, -0.05) is 11.6 Å². The number of hydrogen-bond acceptors (Lipinski definition) is 2. The Morgan fingerprint density at radius 2 is 2.17 bits per heavy atom. The van der Waals surface area contributed by atoms with Crippen LogP contribution in [-0.4, -0.2) is 11.1 Å². The third-order valence-corrected chi connectivity index (χ3v) is 2.52. The minimum absolute atomic E-state index is 0.0169. The van der Waals surface area contributed by atoms with Crippen molar-refractivity contribution in [2.24, 2.45) is 0 Å². The maximum Gasteiger partial charge on any atom is 0.337 e. The Bertz CT molecular complexity index is 340. The number of anilines is 1. The van der Waals surface area contributed by atoms with Gasteiger partial charge in [-0.3, -0.25) is 0 Å². The Balaban J connectivity index is 3.33. The maximum absolute atomic E-state index is 10.5. The van der Waals surface area contributed by atoms with Gasteiger partial charge in [0.2, 0.25) is 0 Å². The average molecular weight is 250 g/mol. The van der Waals surface area contributed by atoms with E-state index in [0.717, 1.165) is 0 Å². The molecule has 0 radical (unpaired) electrons. The highest BCUT2D eigenvalue weighted by atomic mass is 79.9. The molecule has 0 unspecified atom stereocenters. The molecule has 3 nitrogen and oxygen atoms in total. The van der Waals surface area contributed by atoms with E-state index in [0.29, 0.717) is 9.50 Å². The zero-order valence-corrected chi connectivity index (χ0v) is 8.19. The van der Waals surface area contributed by atoms with Gasteiger partial charge in [-0.25, -0.2) is 4.79 Å². The number of benzene rings is 1. The van der Waals surface area contributed by atoms with Gasteiger partial charge in [0.1, 0.15) is 0 Å². The van der Waals surface area contributed by atoms with Crippen molar-refractivity contribution in [3.05, 3.63) is 27.2 Å². The number of carboxylic acid groups (broad SMARTS) is 1. The van der Waals surface area contributed by atoms with Crippen molar-refractivity contribution in [3.8, 4) is 0 Å². The smallest absolute Gasteiger partial charge is 0.337 e. The van der Waals surface area contributed by atoms with Gasteiger partial charge in [-0.2, -0.15) is 0 Å². The summed E-state index contributed by atoms with van der Waals surface area (Å²) in [5.41, 5.74) is 5.63. The minimum atomic E-state index is -1.08. The second-order valence-electron chi connectivity index (χ2n) is 2.16. The minimum Gasteiger partial charge on any atom is -0.478 e. The molecule has 12 heavy (non-hydrogen) atoms. The Morgan fingerprint density at radius 1 is 1.58 bits per heavy atom. The van der Waals surface area contributed by atoms with E-state index in [2.05, 4.69) is 15.9 Å². The number of rotatable bonds is 1. The summed E-state index contributed by atoms with van der Waals surface area (Å²) in [6, 6.07) is 2.77. The molecule has 1 rings (SSSR count). The van der Waals surface area contributed by atoms with Crippen molar-refractivity contribution in [2.45, 2.75) is 0 Å². The molecular formula is C7H5BrClNO2. The molecule has 3 N–H and O–H groups in total. The van der Waals surface area contributed by atoms with Crippen LogP contribution >= 0.6 is 27.5 Å². The fourth-order valence-electron chi connectivity index (χ4n) is 0.747. The lowest BCUT2D eigenvalue weighted by molar-refractivity contribution is 0.0698. The molecule has 1 aromatic rings. The molecule has 0 amide bonds. The number of hydrogen-bond donors (Lipinski definition) is 2. The summed E-state index contributed by atoms with van der Waals surface area (Å²) >= 11 is 8.79. The van der Waals surface area contributed by atoms with E-state index < -0.39 is 5.97 Å². The molecule has 5 heteroatoms. The number of nitrogen functional groups attached to an aromatic ring is 1. The summed E-state index contributed by atoms with van der Waals surface area (Å²) in [6.07, 6.45) is 0. The van der Waals surface area contributed by atoms with Crippen LogP contribution in [0.15, 0.2) is 16.6 Å². The number of carbonyl (C=O) groups is 1. The van der Waals surface area contributed by atoms with Gasteiger partial charge < -0.3 is 10.8 Å². The molecule has 0 fully saturated rings. The van der Waals surface area contributed by atoms with Crippen LogP contribution in [0.2, 0.25) is 5.02 Å². The molecule has 0 atom stereocenters. The van der Waals surface area contributed by atoms with Crippen LogP contribution in [0.4, 0.5) is 5.69 Å². The van der Waals surface area contributed by atoms with Crippen LogP contribution in [0.25, 0.3) is 0 Å². The predicted octanol–water partition coefficient (Wildman–Crippen LogP) is 2.38. The van der Waals surface area contributed by atoms with E-state index in [-0.39, 0.29) is 11.3 Å². The average Bonchev–Trinajstić information content (AvgIpc) is 1.96. The van der Waals surface area contributed by atoms with E-state index in [9.17, 15) is 4.79 Å². The van der Waals surface area contributed by atoms with Gasteiger partial charge in [0.25, 0.3) is 0 Å². The van der Waals surface area contributed by atoms with Crippen molar-refractivity contribution in [1.82, 2.24) is 0 Å². The van der Waals surface area contributed by atoms with Crippen molar-refractivity contribution in [2.75, 3.05) is 5.73 Å². The van der Waals surface area contributed by atoms with E-state index in [1.807, 2.05) is 0 Å². The van der Waals surface area contributed by atoms with Crippen molar-refractivity contribution < 1.29 is 9.90 Å². The summed E-state index contributed by atoms with van der Waals surface area (Å²) in [5, 5.41) is 8.96. The van der Waals surface area contributed by atoms with Crippen LogP contribution in [0.1, 0.15) is 10.4 Å². The molecule has 1 aromatic carbocycles. The first-order valence-corrected chi connectivity index (χ1v) is 4.17. The second-order valence-corrected chi connectivity index (χ2v) is 3.42. The Morgan fingerprint density at radius 3 is 2.67 bits per heavy atom. The molecular weight excluding hydrogens is 245 g/mol. The normalized spacial score (nSPS) is 9.83. The molecule has 64 valence electrons. The third kappa shape index (κ3) is 1.70.